The molecule has 0 spiro atoms. The molecule has 0 fully saturated rings. The molecule has 0 aliphatic carbocycles. The molecule has 0 saturated carbocycles. The first-order chi connectivity index (χ1) is 9.04. The number of carbonyl (C=O) groups is 2. The van der Waals surface area contributed by atoms with E-state index in [1.165, 1.54) is 0 Å². The summed E-state index contributed by atoms with van der Waals surface area (Å²) in [5.41, 5.74) is 0.632. The van der Waals surface area contributed by atoms with Gasteiger partial charge in [-0.3, -0.25) is 9.59 Å². The van der Waals surface area contributed by atoms with Gasteiger partial charge in [-0.2, -0.15) is 0 Å². The zero-order chi connectivity index (χ0) is 14.3. The van der Waals surface area contributed by atoms with Crippen LogP contribution in [0, 0.1) is 5.92 Å². The van der Waals surface area contributed by atoms with Crippen molar-refractivity contribution in [3.63, 3.8) is 0 Å². The van der Waals surface area contributed by atoms with Crippen LogP contribution in [0.15, 0.2) is 29.2 Å². The molecule has 0 aliphatic rings. The van der Waals surface area contributed by atoms with Gasteiger partial charge in [-0.15, -0.1) is 11.8 Å². The van der Waals surface area contributed by atoms with Gasteiger partial charge in [0.25, 0.3) is 5.91 Å². The van der Waals surface area contributed by atoms with Gasteiger partial charge in [0.2, 0.25) is 5.91 Å². The summed E-state index contributed by atoms with van der Waals surface area (Å²) in [5, 5.41) is 5.52. The first-order valence-corrected chi connectivity index (χ1v) is 7.47. The lowest BCUT2D eigenvalue weighted by molar-refractivity contribution is -0.123. The SMILES string of the molecule is CSc1ccc(C(=O)NCCNC(=O)C(C)C)cc1. The number of amides is 2. The third-order valence-corrected chi connectivity index (χ3v) is 3.33. The van der Waals surface area contributed by atoms with E-state index in [9.17, 15) is 9.59 Å². The second-order valence-electron chi connectivity index (χ2n) is 4.43. The molecule has 0 bridgehead atoms. The van der Waals surface area contributed by atoms with Crippen LogP contribution in [-0.2, 0) is 4.79 Å². The maximum absolute atomic E-state index is 11.8. The highest BCUT2D eigenvalue weighted by molar-refractivity contribution is 7.98. The molecule has 0 aromatic heterocycles. The Bertz CT molecular complexity index is 430. The Balaban J connectivity index is 2.33. The van der Waals surface area contributed by atoms with Crippen molar-refractivity contribution in [1.29, 1.82) is 0 Å². The van der Waals surface area contributed by atoms with Crippen LogP contribution in [0.5, 0.6) is 0 Å². The monoisotopic (exact) mass is 280 g/mol. The highest BCUT2D eigenvalue weighted by atomic mass is 32.2. The Morgan fingerprint density at radius 1 is 1.11 bits per heavy atom. The molecule has 0 radical (unpaired) electrons. The largest absolute Gasteiger partial charge is 0.354 e. The van der Waals surface area contributed by atoms with Gasteiger partial charge in [0.1, 0.15) is 0 Å². The van der Waals surface area contributed by atoms with Crippen molar-refractivity contribution in [2.45, 2.75) is 18.7 Å². The van der Waals surface area contributed by atoms with E-state index < -0.39 is 0 Å². The Hall–Kier alpha value is -1.49. The van der Waals surface area contributed by atoms with Crippen molar-refractivity contribution >= 4 is 23.6 Å². The molecule has 1 aromatic rings. The van der Waals surface area contributed by atoms with Crippen molar-refractivity contribution in [3.05, 3.63) is 29.8 Å². The predicted octanol–water partition coefficient (Wildman–Crippen LogP) is 1.91. The summed E-state index contributed by atoms with van der Waals surface area (Å²) >= 11 is 1.64. The topological polar surface area (TPSA) is 58.2 Å². The zero-order valence-corrected chi connectivity index (χ0v) is 12.3. The van der Waals surface area contributed by atoms with Gasteiger partial charge in [-0.05, 0) is 30.5 Å². The smallest absolute Gasteiger partial charge is 0.251 e. The van der Waals surface area contributed by atoms with Crippen LogP contribution < -0.4 is 10.6 Å². The van der Waals surface area contributed by atoms with E-state index in [0.29, 0.717) is 18.7 Å². The molecule has 4 nitrogen and oxygen atoms in total. The summed E-state index contributed by atoms with van der Waals surface area (Å²) in [6.07, 6.45) is 1.99. The number of nitrogens with one attached hydrogen (secondary N) is 2. The van der Waals surface area contributed by atoms with E-state index in [2.05, 4.69) is 10.6 Å². The third-order valence-electron chi connectivity index (χ3n) is 2.59. The fourth-order valence-corrected chi connectivity index (χ4v) is 1.82. The number of hydrogen-bond donors (Lipinski definition) is 2. The lowest BCUT2D eigenvalue weighted by Gasteiger charge is -2.09. The highest BCUT2D eigenvalue weighted by Gasteiger charge is 2.07. The van der Waals surface area contributed by atoms with Crippen LogP contribution in [0.1, 0.15) is 24.2 Å². The molecule has 1 rings (SSSR count). The van der Waals surface area contributed by atoms with Crippen LogP contribution in [0.4, 0.5) is 0 Å². The van der Waals surface area contributed by atoms with Crippen LogP contribution >= 0.6 is 11.8 Å². The summed E-state index contributed by atoms with van der Waals surface area (Å²) < 4.78 is 0. The van der Waals surface area contributed by atoms with E-state index >= 15 is 0 Å². The molecular formula is C14H20N2O2S. The van der Waals surface area contributed by atoms with Gasteiger partial charge in [-0.1, -0.05) is 13.8 Å². The normalized spacial score (nSPS) is 10.3. The summed E-state index contributed by atoms with van der Waals surface area (Å²) in [5.74, 6) is -0.153. The minimum absolute atomic E-state index is 0.00132. The molecule has 2 N–H and O–H groups in total. The summed E-state index contributed by atoms with van der Waals surface area (Å²) in [4.78, 5) is 24.2. The molecule has 0 aliphatic heterocycles. The second kappa shape index (κ2) is 7.84. The molecular weight excluding hydrogens is 260 g/mol. The van der Waals surface area contributed by atoms with Crippen molar-refractivity contribution < 1.29 is 9.59 Å². The molecule has 0 unspecified atom stereocenters. The molecule has 1 aromatic carbocycles. The van der Waals surface area contributed by atoms with Crippen LogP contribution in [0.25, 0.3) is 0 Å². The Morgan fingerprint density at radius 3 is 2.21 bits per heavy atom. The minimum Gasteiger partial charge on any atom is -0.354 e. The zero-order valence-electron chi connectivity index (χ0n) is 11.5. The lowest BCUT2D eigenvalue weighted by atomic mass is 10.2. The van der Waals surface area contributed by atoms with Crippen LogP contribution in [0.2, 0.25) is 0 Å². The number of hydrogen-bond acceptors (Lipinski definition) is 3. The van der Waals surface area contributed by atoms with Crippen molar-refractivity contribution in [2.24, 2.45) is 5.92 Å². The molecule has 0 heterocycles. The molecule has 2 amide bonds. The second-order valence-corrected chi connectivity index (χ2v) is 5.31. The van der Waals surface area contributed by atoms with Gasteiger partial charge < -0.3 is 10.6 Å². The van der Waals surface area contributed by atoms with E-state index in [1.807, 2.05) is 32.2 Å². The van der Waals surface area contributed by atoms with Gasteiger partial charge in [0.15, 0.2) is 0 Å². The molecule has 0 saturated heterocycles. The first-order valence-electron chi connectivity index (χ1n) is 6.24. The maximum atomic E-state index is 11.8. The Labute approximate surface area is 118 Å². The molecule has 104 valence electrons. The van der Waals surface area contributed by atoms with Crippen LogP contribution in [0.3, 0.4) is 0 Å². The van der Waals surface area contributed by atoms with Gasteiger partial charge in [-0.25, -0.2) is 0 Å². The summed E-state index contributed by atoms with van der Waals surface area (Å²) in [6, 6.07) is 7.43. The van der Waals surface area contributed by atoms with Crippen LogP contribution in [-0.4, -0.2) is 31.2 Å². The van der Waals surface area contributed by atoms with E-state index in [1.54, 1.807) is 23.9 Å². The Kier molecular flexibility index (Phi) is 6.42. The molecule has 0 atom stereocenters. The number of rotatable bonds is 6. The number of thioether (sulfide) groups is 1. The highest BCUT2D eigenvalue weighted by Crippen LogP contribution is 2.14. The predicted molar refractivity (Wildman–Crippen MR) is 78.4 cm³/mol. The van der Waals surface area contributed by atoms with Gasteiger partial charge in [0, 0.05) is 29.5 Å². The Morgan fingerprint density at radius 2 is 1.68 bits per heavy atom. The maximum Gasteiger partial charge on any atom is 0.251 e. The number of benzene rings is 1. The first kappa shape index (κ1) is 15.6. The van der Waals surface area contributed by atoms with E-state index in [-0.39, 0.29) is 17.7 Å². The standard InChI is InChI=1S/C14H20N2O2S/c1-10(2)13(17)15-8-9-16-14(18)11-4-6-12(19-3)7-5-11/h4-7,10H,8-9H2,1-3H3,(H,15,17)(H,16,18). The summed E-state index contributed by atoms with van der Waals surface area (Å²) in [6.45, 7) is 4.55. The quantitative estimate of drug-likeness (QED) is 0.618. The van der Waals surface area contributed by atoms with Crippen molar-refractivity contribution in [1.82, 2.24) is 10.6 Å². The fraction of sp³-hybridized carbons (Fsp3) is 0.429. The molecule has 5 heteroatoms. The van der Waals surface area contributed by atoms with Crippen molar-refractivity contribution in [3.8, 4) is 0 Å². The van der Waals surface area contributed by atoms with E-state index in [4.69, 9.17) is 0 Å². The average Bonchev–Trinajstić information content (AvgIpc) is 2.43. The average molecular weight is 280 g/mol. The van der Waals surface area contributed by atoms with Gasteiger partial charge >= 0.3 is 0 Å². The summed E-state index contributed by atoms with van der Waals surface area (Å²) in [7, 11) is 0. The lowest BCUT2D eigenvalue weighted by Crippen LogP contribution is -2.36. The fourth-order valence-electron chi connectivity index (χ4n) is 1.41. The van der Waals surface area contributed by atoms with Gasteiger partial charge in [0.05, 0.1) is 0 Å². The molecule has 19 heavy (non-hydrogen) atoms. The van der Waals surface area contributed by atoms with E-state index in [0.717, 1.165) is 4.90 Å². The van der Waals surface area contributed by atoms with Crippen molar-refractivity contribution in [2.75, 3.05) is 19.3 Å². The minimum atomic E-state index is -0.119. The third kappa shape index (κ3) is 5.34. The number of carbonyl (C=O) groups excluding carboxylic acids is 2.